The van der Waals surface area contributed by atoms with Crippen molar-refractivity contribution in [1.82, 2.24) is 20.4 Å². The van der Waals surface area contributed by atoms with Crippen LogP contribution in [0.3, 0.4) is 0 Å². The van der Waals surface area contributed by atoms with Gasteiger partial charge in [-0.25, -0.2) is 9.79 Å². The molecule has 12 heteroatoms. The highest BCUT2D eigenvalue weighted by Crippen LogP contribution is 2.36. The molecular formula is C35H43N7O5. The molecule has 2 aliphatic heterocycles. The predicted octanol–water partition coefficient (Wildman–Crippen LogP) is 2.53. The van der Waals surface area contributed by atoms with Gasteiger partial charge in [0.2, 0.25) is 11.8 Å². The van der Waals surface area contributed by atoms with Crippen molar-refractivity contribution in [3.63, 3.8) is 0 Å². The molecule has 2 aliphatic rings. The van der Waals surface area contributed by atoms with Crippen LogP contribution in [0.25, 0.3) is 0 Å². The van der Waals surface area contributed by atoms with Crippen LogP contribution in [0.2, 0.25) is 0 Å². The fourth-order valence-corrected chi connectivity index (χ4v) is 6.47. The van der Waals surface area contributed by atoms with Crippen molar-refractivity contribution in [3.05, 3.63) is 95.1 Å². The van der Waals surface area contributed by atoms with Crippen molar-refractivity contribution < 1.29 is 23.9 Å². The minimum absolute atomic E-state index is 0.0408. The first-order chi connectivity index (χ1) is 22.7. The van der Waals surface area contributed by atoms with Crippen molar-refractivity contribution in [2.45, 2.75) is 37.4 Å². The Morgan fingerprint density at radius 1 is 1.02 bits per heavy atom. The van der Waals surface area contributed by atoms with Gasteiger partial charge < -0.3 is 41.4 Å². The fourth-order valence-electron chi connectivity index (χ4n) is 6.47. The van der Waals surface area contributed by atoms with E-state index in [1.54, 1.807) is 31.0 Å². The Morgan fingerprint density at radius 3 is 2.43 bits per heavy atom. The van der Waals surface area contributed by atoms with Crippen LogP contribution >= 0.6 is 0 Å². The van der Waals surface area contributed by atoms with Crippen LogP contribution in [-0.2, 0) is 22.6 Å². The average Bonchev–Trinajstić information content (AvgIpc) is 3.55. The number of ether oxygens (including phenoxy) is 2. The van der Waals surface area contributed by atoms with Crippen LogP contribution in [0.4, 0.5) is 4.79 Å². The van der Waals surface area contributed by atoms with Crippen LogP contribution in [0.5, 0.6) is 11.5 Å². The Labute approximate surface area is 275 Å². The molecule has 1 unspecified atom stereocenters. The van der Waals surface area contributed by atoms with Crippen LogP contribution in [0.15, 0.2) is 77.8 Å². The van der Waals surface area contributed by atoms with E-state index in [0.29, 0.717) is 25.3 Å². The van der Waals surface area contributed by atoms with E-state index < -0.39 is 12.0 Å². The van der Waals surface area contributed by atoms with Gasteiger partial charge in [0.15, 0.2) is 5.96 Å². The lowest BCUT2D eigenvalue weighted by Gasteiger charge is -2.34. The third kappa shape index (κ3) is 7.59. The number of guanidine groups is 1. The molecule has 5 rings (SSSR count). The summed E-state index contributed by atoms with van der Waals surface area (Å²) in [5, 5.41) is 5.80. The molecule has 0 bridgehead atoms. The number of hydrogen-bond donors (Lipinski definition) is 4. The van der Waals surface area contributed by atoms with Crippen molar-refractivity contribution in [2.24, 2.45) is 22.4 Å². The summed E-state index contributed by atoms with van der Waals surface area (Å²) < 4.78 is 11.1. The fraction of sp³-hybridized carbons (Fsp3) is 0.371. The second kappa shape index (κ2) is 14.9. The lowest BCUT2D eigenvalue weighted by atomic mass is 9.88. The van der Waals surface area contributed by atoms with Crippen LogP contribution in [0.1, 0.15) is 40.6 Å². The van der Waals surface area contributed by atoms with E-state index in [1.165, 1.54) is 0 Å². The molecule has 3 aromatic rings. The number of nitrogens with two attached hydrogens (primary N) is 2. The molecule has 0 spiro atoms. The van der Waals surface area contributed by atoms with Gasteiger partial charge in [-0.05, 0) is 34.9 Å². The van der Waals surface area contributed by atoms with E-state index in [1.807, 2.05) is 72.8 Å². The normalized spacial score (nSPS) is 19.0. The second-order valence-electron chi connectivity index (χ2n) is 11.9. The Balaban J connectivity index is 1.43. The first kappa shape index (κ1) is 33.1. The molecule has 3 aromatic carbocycles. The third-order valence-electron chi connectivity index (χ3n) is 9.04. The van der Waals surface area contributed by atoms with Gasteiger partial charge in [0, 0.05) is 51.5 Å². The molecule has 248 valence electrons. The monoisotopic (exact) mass is 641 g/mol. The molecule has 0 aromatic heterocycles. The zero-order chi connectivity index (χ0) is 33.5. The maximum absolute atomic E-state index is 14.4. The van der Waals surface area contributed by atoms with E-state index in [-0.39, 0.29) is 55.3 Å². The number of carbonyl (C=O) groups is 3. The highest BCUT2D eigenvalue weighted by molar-refractivity contribution is 5.89. The molecule has 6 N–H and O–H groups in total. The maximum atomic E-state index is 14.4. The summed E-state index contributed by atoms with van der Waals surface area (Å²) in [7, 11) is 4.92. The number of nitrogens with one attached hydrogen (secondary N) is 2. The number of aliphatic imine (C=N–C) groups is 1. The molecule has 47 heavy (non-hydrogen) atoms. The molecule has 2 heterocycles. The van der Waals surface area contributed by atoms with Crippen LogP contribution < -0.4 is 31.6 Å². The van der Waals surface area contributed by atoms with Gasteiger partial charge in [-0.1, -0.05) is 54.6 Å². The van der Waals surface area contributed by atoms with Crippen molar-refractivity contribution in [2.75, 3.05) is 40.9 Å². The van der Waals surface area contributed by atoms with Gasteiger partial charge in [-0.2, -0.15) is 0 Å². The molecule has 0 radical (unpaired) electrons. The molecule has 1 fully saturated rings. The summed E-state index contributed by atoms with van der Waals surface area (Å²) in [5.74, 6) is 0.269. The summed E-state index contributed by atoms with van der Waals surface area (Å²) >= 11 is 0. The highest BCUT2D eigenvalue weighted by atomic mass is 16.5. The van der Waals surface area contributed by atoms with Gasteiger partial charge >= 0.3 is 6.03 Å². The topological polar surface area (TPSA) is 165 Å². The summed E-state index contributed by atoms with van der Waals surface area (Å²) in [6.07, 6.45) is 0.817. The number of benzene rings is 3. The van der Waals surface area contributed by atoms with Gasteiger partial charge in [0.25, 0.3) is 0 Å². The van der Waals surface area contributed by atoms with E-state index in [9.17, 15) is 14.4 Å². The van der Waals surface area contributed by atoms with Gasteiger partial charge in [-0.3, -0.25) is 9.59 Å². The summed E-state index contributed by atoms with van der Waals surface area (Å²) in [5.41, 5.74) is 14.7. The number of likely N-dealkylation sites (tertiary alicyclic amines) is 1. The molecule has 0 aliphatic carbocycles. The number of fused-ring (bicyclic) bond motifs is 1. The Bertz CT molecular complexity index is 1610. The Hall–Kier alpha value is -5.26. The zero-order valence-corrected chi connectivity index (χ0v) is 27.0. The smallest absolute Gasteiger partial charge is 0.318 e. The Kier molecular flexibility index (Phi) is 10.5. The molecule has 4 atom stereocenters. The number of hydrogen-bond acceptors (Lipinski definition) is 6. The number of methoxy groups -OCH3 is 1. The van der Waals surface area contributed by atoms with E-state index in [0.717, 1.165) is 28.0 Å². The number of rotatable bonds is 10. The lowest BCUT2D eigenvalue weighted by Crippen LogP contribution is -2.53. The average molecular weight is 642 g/mol. The number of para-hydroxylation sites is 1. The number of carbonyl (C=O) groups excluding carboxylic acids is 3. The molecule has 1 saturated heterocycles. The van der Waals surface area contributed by atoms with Crippen molar-refractivity contribution in [3.8, 4) is 11.5 Å². The van der Waals surface area contributed by atoms with Crippen LogP contribution in [0, 0.1) is 5.92 Å². The largest absolute Gasteiger partial charge is 0.497 e. The van der Waals surface area contributed by atoms with E-state index >= 15 is 0 Å². The number of amides is 4. The van der Waals surface area contributed by atoms with Crippen molar-refractivity contribution >= 4 is 23.8 Å². The van der Waals surface area contributed by atoms with Gasteiger partial charge in [0.1, 0.15) is 17.5 Å². The van der Waals surface area contributed by atoms with Crippen molar-refractivity contribution in [1.29, 1.82) is 0 Å². The molecule has 12 nitrogen and oxygen atoms in total. The lowest BCUT2D eigenvalue weighted by molar-refractivity contribution is -0.132. The highest BCUT2D eigenvalue weighted by Gasteiger charge is 2.42. The third-order valence-corrected chi connectivity index (χ3v) is 9.04. The number of nitrogens with zero attached hydrogens (tertiary/aromatic N) is 3. The van der Waals surface area contributed by atoms with Gasteiger partial charge in [-0.15, -0.1) is 0 Å². The second-order valence-corrected chi connectivity index (χ2v) is 11.9. The SMILES string of the molecule is CNC(=O)[C@@H]1CN(C(=O)[C@@H](Cc2ccccc2CN=C(N)N)NC(=O)N(C)C2CCOc3ccccc32)C[C@H]1c1ccc(OC)cc1. The first-order valence-electron chi connectivity index (χ1n) is 15.7. The quantitative estimate of drug-likeness (QED) is 0.195. The minimum atomic E-state index is -0.930. The summed E-state index contributed by atoms with van der Waals surface area (Å²) in [6.45, 7) is 1.23. The standard InChI is InChI=1S/C35H43N7O5/c1-38-32(43)28-21-42(20-27(28)22-12-14-25(46-3)15-13-22)33(44)29(18-23-8-4-5-9-24(23)19-39-34(36)37)40-35(45)41(2)30-16-17-47-31-11-7-6-10-26(30)31/h4-15,27-30H,16-21H2,1-3H3,(H,38,43)(H,40,45)(H4,36,37,39)/t27-,28+,29+,30?/m0/s1. The van der Waals surface area contributed by atoms with Gasteiger partial charge in [0.05, 0.1) is 32.2 Å². The number of urea groups is 1. The minimum Gasteiger partial charge on any atom is -0.497 e. The zero-order valence-electron chi connectivity index (χ0n) is 27.0. The summed E-state index contributed by atoms with van der Waals surface area (Å²) in [4.78, 5) is 48.9. The molecule has 0 saturated carbocycles. The predicted molar refractivity (Wildman–Crippen MR) is 179 cm³/mol. The van der Waals surface area contributed by atoms with E-state index in [2.05, 4.69) is 15.6 Å². The first-order valence-corrected chi connectivity index (χ1v) is 15.7. The maximum Gasteiger partial charge on any atom is 0.318 e. The molecular weight excluding hydrogens is 598 g/mol. The van der Waals surface area contributed by atoms with Crippen LogP contribution in [-0.4, -0.2) is 80.5 Å². The Morgan fingerprint density at radius 2 is 1.72 bits per heavy atom. The van der Waals surface area contributed by atoms with E-state index in [4.69, 9.17) is 20.9 Å². The summed E-state index contributed by atoms with van der Waals surface area (Å²) in [6, 6.07) is 21.2. The molecule has 4 amide bonds.